The summed E-state index contributed by atoms with van der Waals surface area (Å²) in [5, 5.41) is 0. The molecule has 1 aliphatic rings. The average molecular weight is 298 g/mol. The smallest absolute Gasteiger partial charge is 0.200 e. The number of allylic oxidation sites excluding steroid dienone is 2. The number of hydrogen-bond donors (Lipinski definition) is 0. The standard InChI is InChI=1S/C14H15NO2S.ClH/c1-15(2)7-8-18-13-9-12(16)10-5-3-4-6-11(10)14(13)17;/h3-6,9H,7-8H2,1-2H3;1H. The first kappa shape index (κ1) is 16.0. The van der Waals surface area contributed by atoms with E-state index in [9.17, 15) is 9.59 Å². The first-order valence-corrected chi connectivity index (χ1v) is 6.75. The molecule has 0 saturated carbocycles. The van der Waals surface area contributed by atoms with Crippen molar-refractivity contribution in [3.63, 3.8) is 0 Å². The number of ketones is 2. The van der Waals surface area contributed by atoms with Crippen molar-refractivity contribution in [3.8, 4) is 0 Å². The monoisotopic (exact) mass is 297 g/mol. The van der Waals surface area contributed by atoms with Gasteiger partial charge in [0.1, 0.15) is 0 Å². The van der Waals surface area contributed by atoms with Crippen molar-refractivity contribution < 1.29 is 9.59 Å². The molecule has 0 radical (unpaired) electrons. The van der Waals surface area contributed by atoms with Crippen LogP contribution in [0, 0.1) is 0 Å². The number of halogens is 1. The zero-order valence-electron chi connectivity index (χ0n) is 10.9. The van der Waals surface area contributed by atoms with E-state index in [2.05, 4.69) is 4.90 Å². The lowest BCUT2D eigenvalue weighted by Crippen LogP contribution is -2.18. The third-order valence-electron chi connectivity index (χ3n) is 2.72. The topological polar surface area (TPSA) is 37.4 Å². The lowest BCUT2D eigenvalue weighted by Gasteiger charge is -2.15. The van der Waals surface area contributed by atoms with Crippen LogP contribution in [-0.2, 0) is 0 Å². The number of Topliss-reactive ketones (excluding diaryl/α,β-unsaturated/α-hetero) is 1. The molecule has 1 aromatic rings. The van der Waals surface area contributed by atoms with Gasteiger partial charge >= 0.3 is 0 Å². The van der Waals surface area contributed by atoms with Gasteiger partial charge < -0.3 is 4.90 Å². The van der Waals surface area contributed by atoms with Crippen LogP contribution >= 0.6 is 24.2 Å². The number of carbonyl (C=O) groups is 2. The molecule has 0 bridgehead atoms. The Morgan fingerprint density at radius 3 is 2.37 bits per heavy atom. The summed E-state index contributed by atoms with van der Waals surface area (Å²) in [6.45, 7) is 0.880. The molecule has 0 amide bonds. The molecule has 3 nitrogen and oxygen atoms in total. The van der Waals surface area contributed by atoms with E-state index in [4.69, 9.17) is 0 Å². The molecule has 5 heteroatoms. The first-order valence-electron chi connectivity index (χ1n) is 5.77. The molecule has 19 heavy (non-hydrogen) atoms. The molecule has 0 atom stereocenters. The summed E-state index contributed by atoms with van der Waals surface area (Å²) in [6.07, 6.45) is 1.46. The van der Waals surface area contributed by atoms with Gasteiger partial charge in [-0.2, -0.15) is 0 Å². The second-order valence-corrected chi connectivity index (χ2v) is 5.54. The van der Waals surface area contributed by atoms with Crippen molar-refractivity contribution in [2.24, 2.45) is 0 Å². The normalized spacial score (nSPS) is 13.9. The second-order valence-electron chi connectivity index (χ2n) is 4.40. The van der Waals surface area contributed by atoms with Gasteiger partial charge in [-0.05, 0) is 14.1 Å². The predicted octanol–water partition coefficient (Wildman–Crippen LogP) is 2.67. The Hall–Kier alpha value is -1.10. The van der Waals surface area contributed by atoms with Crippen molar-refractivity contribution in [1.29, 1.82) is 0 Å². The molecule has 2 rings (SSSR count). The van der Waals surface area contributed by atoms with E-state index in [-0.39, 0.29) is 24.0 Å². The van der Waals surface area contributed by atoms with Crippen molar-refractivity contribution in [1.82, 2.24) is 4.90 Å². The molecule has 0 spiro atoms. The van der Waals surface area contributed by atoms with Crippen LogP contribution in [-0.4, -0.2) is 42.9 Å². The first-order chi connectivity index (χ1) is 8.59. The largest absolute Gasteiger partial charge is 0.309 e. The van der Waals surface area contributed by atoms with E-state index >= 15 is 0 Å². The lowest BCUT2D eigenvalue weighted by atomic mass is 9.95. The zero-order valence-corrected chi connectivity index (χ0v) is 12.5. The van der Waals surface area contributed by atoms with Crippen molar-refractivity contribution in [3.05, 3.63) is 46.4 Å². The Bertz CT molecular complexity index is 526. The molecule has 0 aromatic heterocycles. The molecule has 0 N–H and O–H groups in total. The van der Waals surface area contributed by atoms with Gasteiger partial charge in [-0.3, -0.25) is 9.59 Å². The molecule has 0 heterocycles. The highest BCUT2D eigenvalue weighted by Crippen LogP contribution is 2.27. The van der Waals surface area contributed by atoms with Gasteiger partial charge in [-0.25, -0.2) is 0 Å². The van der Waals surface area contributed by atoms with Gasteiger partial charge in [0.2, 0.25) is 0 Å². The van der Waals surface area contributed by atoms with Crippen LogP contribution in [0.1, 0.15) is 20.7 Å². The van der Waals surface area contributed by atoms with Gasteiger partial charge in [0, 0.05) is 29.5 Å². The number of thioether (sulfide) groups is 1. The number of fused-ring (bicyclic) bond motifs is 1. The van der Waals surface area contributed by atoms with Crippen LogP contribution in [0.4, 0.5) is 0 Å². The summed E-state index contributed by atoms with van der Waals surface area (Å²) < 4.78 is 0. The molecule has 0 saturated heterocycles. The van der Waals surface area contributed by atoms with Gasteiger partial charge in [0.15, 0.2) is 11.6 Å². The third kappa shape index (κ3) is 3.69. The molecule has 102 valence electrons. The maximum atomic E-state index is 12.2. The van der Waals surface area contributed by atoms with E-state index in [0.717, 1.165) is 12.3 Å². The van der Waals surface area contributed by atoms with Crippen LogP contribution in [0.15, 0.2) is 35.2 Å². The highest BCUT2D eigenvalue weighted by Gasteiger charge is 2.24. The number of hydrogen-bond acceptors (Lipinski definition) is 4. The van der Waals surface area contributed by atoms with Crippen LogP contribution in [0.3, 0.4) is 0 Å². The fourth-order valence-corrected chi connectivity index (χ4v) is 2.84. The predicted molar refractivity (Wildman–Crippen MR) is 81.4 cm³/mol. The molecule has 1 aliphatic carbocycles. The van der Waals surface area contributed by atoms with Crippen LogP contribution in [0.25, 0.3) is 0 Å². The van der Waals surface area contributed by atoms with Crippen molar-refractivity contribution in [2.45, 2.75) is 0 Å². The van der Waals surface area contributed by atoms with Gasteiger partial charge in [-0.15, -0.1) is 24.2 Å². The number of benzene rings is 1. The number of rotatable bonds is 4. The Labute approximate surface area is 123 Å². The summed E-state index contributed by atoms with van der Waals surface area (Å²) in [4.78, 5) is 26.7. The van der Waals surface area contributed by atoms with Crippen LogP contribution in [0.2, 0.25) is 0 Å². The summed E-state index contributed by atoms with van der Waals surface area (Å²) in [5.74, 6) is 0.700. The second kappa shape index (κ2) is 6.89. The summed E-state index contributed by atoms with van der Waals surface area (Å²) in [6, 6.07) is 6.99. The fourth-order valence-electron chi connectivity index (χ4n) is 1.74. The Morgan fingerprint density at radius 2 is 1.74 bits per heavy atom. The van der Waals surface area contributed by atoms with Crippen LogP contribution < -0.4 is 0 Å². The SMILES string of the molecule is CN(C)CCSC1=CC(=O)c2ccccc2C1=O.Cl. The summed E-state index contributed by atoms with van der Waals surface area (Å²) in [5.41, 5.74) is 1.04. The van der Waals surface area contributed by atoms with E-state index < -0.39 is 0 Å². The Morgan fingerprint density at radius 1 is 1.11 bits per heavy atom. The van der Waals surface area contributed by atoms with E-state index in [0.29, 0.717) is 16.0 Å². The quantitative estimate of drug-likeness (QED) is 0.856. The zero-order chi connectivity index (χ0) is 13.1. The maximum Gasteiger partial charge on any atom is 0.200 e. The molecule has 0 unspecified atom stereocenters. The Balaban J connectivity index is 0.00000180. The Kier molecular flexibility index (Phi) is 5.79. The van der Waals surface area contributed by atoms with Gasteiger partial charge in [0.25, 0.3) is 0 Å². The van der Waals surface area contributed by atoms with E-state index in [1.165, 1.54) is 17.8 Å². The number of carbonyl (C=O) groups excluding carboxylic acids is 2. The van der Waals surface area contributed by atoms with E-state index in [1.54, 1.807) is 24.3 Å². The lowest BCUT2D eigenvalue weighted by molar-refractivity contribution is 0.0991. The van der Waals surface area contributed by atoms with E-state index in [1.807, 2.05) is 14.1 Å². The maximum absolute atomic E-state index is 12.2. The minimum absolute atomic E-state index is 0. The minimum Gasteiger partial charge on any atom is -0.309 e. The molecular formula is C14H16ClNO2S. The van der Waals surface area contributed by atoms with Crippen LogP contribution in [0.5, 0.6) is 0 Å². The molecule has 0 aliphatic heterocycles. The summed E-state index contributed by atoms with van der Waals surface area (Å²) in [7, 11) is 3.97. The van der Waals surface area contributed by atoms with Gasteiger partial charge in [0.05, 0.1) is 4.91 Å². The molecular weight excluding hydrogens is 282 g/mol. The fraction of sp³-hybridized carbons (Fsp3) is 0.286. The van der Waals surface area contributed by atoms with Gasteiger partial charge in [-0.1, -0.05) is 24.3 Å². The highest BCUT2D eigenvalue weighted by atomic mass is 35.5. The third-order valence-corrected chi connectivity index (χ3v) is 3.72. The minimum atomic E-state index is -0.0717. The highest BCUT2D eigenvalue weighted by molar-refractivity contribution is 8.04. The summed E-state index contributed by atoms with van der Waals surface area (Å²) >= 11 is 1.45. The van der Waals surface area contributed by atoms with Crippen molar-refractivity contribution >= 4 is 35.7 Å². The molecule has 0 fully saturated rings. The van der Waals surface area contributed by atoms with Crippen molar-refractivity contribution in [2.75, 3.05) is 26.4 Å². The molecule has 1 aromatic carbocycles. The number of nitrogens with zero attached hydrogens (tertiary/aromatic N) is 1. The average Bonchev–Trinajstić information content (AvgIpc) is 2.35.